The summed E-state index contributed by atoms with van der Waals surface area (Å²) in [6.45, 7) is 4.22. The molecular formula is C12H19N5O. The molecule has 1 aromatic heterocycles. The van der Waals surface area contributed by atoms with E-state index in [0.717, 1.165) is 38.3 Å². The standard InChI is InChI=1S/C12H19N5O/c1-9(18)14-8-10-4-6-17(7-5-10)12-3-2-11(13)15-16-12/h2-3,10H,4-8H2,1H3,(H2,13,15)(H,14,18). The van der Waals surface area contributed by atoms with Gasteiger partial charge in [0.15, 0.2) is 5.82 Å². The Hall–Kier alpha value is -1.85. The Labute approximate surface area is 107 Å². The minimum absolute atomic E-state index is 0.0434. The van der Waals surface area contributed by atoms with E-state index in [-0.39, 0.29) is 5.91 Å². The number of nitrogens with one attached hydrogen (secondary N) is 1. The summed E-state index contributed by atoms with van der Waals surface area (Å²) in [6.07, 6.45) is 2.12. The smallest absolute Gasteiger partial charge is 0.216 e. The molecule has 3 N–H and O–H groups in total. The maximum atomic E-state index is 10.9. The van der Waals surface area contributed by atoms with Crippen molar-refractivity contribution in [2.24, 2.45) is 5.92 Å². The number of aromatic nitrogens is 2. The Balaban J connectivity index is 1.83. The van der Waals surface area contributed by atoms with E-state index >= 15 is 0 Å². The molecule has 0 aliphatic carbocycles. The van der Waals surface area contributed by atoms with E-state index in [1.54, 1.807) is 13.0 Å². The van der Waals surface area contributed by atoms with Crippen LogP contribution < -0.4 is 16.0 Å². The van der Waals surface area contributed by atoms with Gasteiger partial charge in [0.1, 0.15) is 5.82 Å². The van der Waals surface area contributed by atoms with Crippen LogP contribution in [0.1, 0.15) is 19.8 Å². The fourth-order valence-corrected chi connectivity index (χ4v) is 2.16. The van der Waals surface area contributed by atoms with Crippen LogP contribution in [0.5, 0.6) is 0 Å². The lowest BCUT2D eigenvalue weighted by Crippen LogP contribution is -2.38. The van der Waals surface area contributed by atoms with Crippen LogP contribution in [0.4, 0.5) is 11.6 Å². The molecule has 1 aliphatic rings. The average Bonchev–Trinajstić information content (AvgIpc) is 2.38. The van der Waals surface area contributed by atoms with Crippen LogP contribution in [0.25, 0.3) is 0 Å². The summed E-state index contributed by atoms with van der Waals surface area (Å²) >= 11 is 0. The first-order valence-electron chi connectivity index (χ1n) is 6.24. The molecule has 0 radical (unpaired) electrons. The first-order valence-corrected chi connectivity index (χ1v) is 6.24. The van der Waals surface area contributed by atoms with Crippen molar-refractivity contribution < 1.29 is 4.79 Å². The molecule has 1 aromatic rings. The summed E-state index contributed by atoms with van der Waals surface area (Å²) < 4.78 is 0. The topological polar surface area (TPSA) is 84.1 Å². The molecule has 98 valence electrons. The van der Waals surface area contributed by atoms with E-state index < -0.39 is 0 Å². The molecule has 1 fully saturated rings. The van der Waals surface area contributed by atoms with E-state index in [1.165, 1.54) is 0 Å². The van der Waals surface area contributed by atoms with Crippen molar-refractivity contribution in [3.8, 4) is 0 Å². The summed E-state index contributed by atoms with van der Waals surface area (Å²) in [7, 11) is 0. The van der Waals surface area contributed by atoms with Gasteiger partial charge in [-0.25, -0.2) is 0 Å². The lowest BCUT2D eigenvalue weighted by atomic mass is 9.97. The molecule has 2 rings (SSSR count). The van der Waals surface area contributed by atoms with Crippen molar-refractivity contribution in [1.29, 1.82) is 0 Å². The van der Waals surface area contributed by atoms with Crippen LogP contribution in [-0.2, 0) is 4.79 Å². The molecule has 2 heterocycles. The summed E-state index contributed by atoms with van der Waals surface area (Å²) in [4.78, 5) is 13.1. The van der Waals surface area contributed by atoms with Crippen molar-refractivity contribution in [2.45, 2.75) is 19.8 Å². The predicted molar refractivity (Wildman–Crippen MR) is 70.1 cm³/mol. The zero-order valence-corrected chi connectivity index (χ0v) is 10.6. The second kappa shape index (κ2) is 5.66. The van der Waals surface area contributed by atoms with Gasteiger partial charge in [-0.15, -0.1) is 10.2 Å². The zero-order valence-electron chi connectivity index (χ0n) is 10.6. The van der Waals surface area contributed by atoms with E-state index in [4.69, 9.17) is 5.73 Å². The average molecular weight is 249 g/mol. The Morgan fingerprint density at radius 1 is 1.44 bits per heavy atom. The van der Waals surface area contributed by atoms with Gasteiger partial charge >= 0.3 is 0 Å². The van der Waals surface area contributed by atoms with Gasteiger partial charge < -0.3 is 16.0 Å². The molecule has 0 atom stereocenters. The molecule has 1 aliphatic heterocycles. The van der Waals surface area contributed by atoms with Crippen LogP contribution in [0.2, 0.25) is 0 Å². The number of carbonyl (C=O) groups excluding carboxylic acids is 1. The quantitative estimate of drug-likeness (QED) is 0.810. The largest absolute Gasteiger partial charge is 0.382 e. The monoisotopic (exact) mass is 249 g/mol. The van der Waals surface area contributed by atoms with Crippen LogP contribution in [-0.4, -0.2) is 35.7 Å². The highest BCUT2D eigenvalue weighted by atomic mass is 16.1. The highest BCUT2D eigenvalue weighted by Crippen LogP contribution is 2.21. The predicted octanol–water partition coefficient (Wildman–Crippen LogP) is 0.411. The van der Waals surface area contributed by atoms with Gasteiger partial charge in [0.25, 0.3) is 0 Å². The number of carbonyl (C=O) groups is 1. The second-order valence-electron chi connectivity index (χ2n) is 4.68. The fourth-order valence-electron chi connectivity index (χ4n) is 2.16. The van der Waals surface area contributed by atoms with E-state index in [1.807, 2.05) is 6.07 Å². The minimum atomic E-state index is 0.0434. The Bertz CT molecular complexity index is 397. The number of anilines is 2. The van der Waals surface area contributed by atoms with Crippen LogP contribution in [0.3, 0.4) is 0 Å². The number of piperidine rings is 1. The van der Waals surface area contributed by atoms with Gasteiger partial charge in [0, 0.05) is 26.6 Å². The number of nitrogens with zero attached hydrogens (tertiary/aromatic N) is 3. The van der Waals surface area contributed by atoms with Crippen LogP contribution in [0, 0.1) is 5.92 Å². The van der Waals surface area contributed by atoms with Gasteiger partial charge in [-0.2, -0.15) is 0 Å². The summed E-state index contributed by atoms with van der Waals surface area (Å²) in [5.41, 5.74) is 5.51. The van der Waals surface area contributed by atoms with Crippen molar-refractivity contribution in [3.63, 3.8) is 0 Å². The Kier molecular flexibility index (Phi) is 3.96. The van der Waals surface area contributed by atoms with Crippen LogP contribution in [0.15, 0.2) is 12.1 Å². The van der Waals surface area contributed by atoms with Crippen molar-refractivity contribution >= 4 is 17.5 Å². The highest BCUT2D eigenvalue weighted by Gasteiger charge is 2.20. The molecule has 6 heteroatoms. The van der Waals surface area contributed by atoms with E-state index in [9.17, 15) is 4.79 Å². The van der Waals surface area contributed by atoms with Crippen molar-refractivity contribution in [1.82, 2.24) is 15.5 Å². The number of nitrogen functional groups attached to an aromatic ring is 1. The molecule has 6 nitrogen and oxygen atoms in total. The number of rotatable bonds is 3. The van der Waals surface area contributed by atoms with E-state index in [0.29, 0.717) is 11.7 Å². The molecule has 0 spiro atoms. The summed E-state index contributed by atoms with van der Waals surface area (Å²) in [5, 5.41) is 10.8. The maximum absolute atomic E-state index is 10.9. The van der Waals surface area contributed by atoms with Gasteiger partial charge in [0.05, 0.1) is 0 Å². The van der Waals surface area contributed by atoms with Gasteiger partial charge in [-0.05, 0) is 30.9 Å². The Morgan fingerprint density at radius 2 is 2.17 bits per heavy atom. The first kappa shape index (κ1) is 12.6. The summed E-state index contributed by atoms with van der Waals surface area (Å²) in [5.74, 6) is 1.93. The number of hydrogen-bond acceptors (Lipinski definition) is 5. The molecule has 1 amide bonds. The zero-order chi connectivity index (χ0) is 13.0. The third-order valence-corrected chi connectivity index (χ3v) is 3.25. The SMILES string of the molecule is CC(=O)NCC1CCN(c2ccc(N)nn2)CC1. The normalized spacial score (nSPS) is 16.6. The Morgan fingerprint density at radius 3 is 2.72 bits per heavy atom. The molecule has 18 heavy (non-hydrogen) atoms. The molecular weight excluding hydrogens is 230 g/mol. The van der Waals surface area contributed by atoms with Crippen molar-refractivity contribution in [3.05, 3.63) is 12.1 Å². The van der Waals surface area contributed by atoms with Gasteiger partial charge in [-0.1, -0.05) is 0 Å². The molecule has 0 bridgehead atoms. The first-order chi connectivity index (χ1) is 8.65. The number of amides is 1. The molecule has 0 aromatic carbocycles. The number of nitrogens with two attached hydrogens (primary N) is 1. The lowest BCUT2D eigenvalue weighted by molar-refractivity contribution is -0.119. The van der Waals surface area contributed by atoms with Crippen molar-refractivity contribution in [2.75, 3.05) is 30.3 Å². The fraction of sp³-hybridized carbons (Fsp3) is 0.583. The number of hydrogen-bond donors (Lipinski definition) is 2. The highest BCUT2D eigenvalue weighted by molar-refractivity contribution is 5.72. The molecule has 0 unspecified atom stereocenters. The third-order valence-electron chi connectivity index (χ3n) is 3.25. The van der Waals surface area contributed by atoms with Gasteiger partial charge in [0.2, 0.25) is 5.91 Å². The second-order valence-corrected chi connectivity index (χ2v) is 4.68. The summed E-state index contributed by atoms with van der Waals surface area (Å²) in [6, 6.07) is 3.67. The van der Waals surface area contributed by atoms with Crippen LogP contribution >= 0.6 is 0 Å². The van der Waals surface area contributed by atoms with E-state index in [2.05, 4.69) is 20.4 Å². The maximum Gasteiger partial charge on any atom is 0.216 e. The molecule has 0 saturated carbocycles. The third kappa shape index (κ3) is 3.32. The van der Waals surface area contributed by atoms with Gasteiger partial charge in [-0.3, -0.25) is 4.79 Å². The lowest BCUT2D eigenvalue weighted by Gasteiger charge is -2.32. The molecule has 1 saturated heterocycles. The minimum Gasteiger partial charge on any atom is -0.382 e.